The smallest absolute Gasteiger partial charge is 0.153 e. The van der Waals surface area contributed by atoms with Gasteiger partial charge in [0, 0.05) is 0 Å². The van der Waals surface area contributed by atoms with Gasteiger partial charge in [-0.15, -0.1) is 0 Å². The maximum absolute atomic E-state index is 11.0. The van der Waals surface area contributed by atoms with E-state index in [2.05, 4.69) is 0 Å². The van der Waals surface area contributed by atoms with Crippen molar-refractivity contribution in [3.05, 3.63) is 0 Å². The molecule has 54 valence electrons. The highest BCUT2D eigenvalue weighted by atomic mass is 32.2. The van der Waals surface area contributed by atoms with Gasteiger partial charge in [-0.2, -0.15) is 0 Å². The van der Waals surface area contributed by atoms with Gasteiger partial charge < -0.3 is 0 Å². The Labute approximate surface area is 56.2 Å². The zero-order valence-corrected chi connectivity index (χ0v) is 6.61. The maximum Gasteiger partial charge on any atom is 0.153 e. The normalized spacial score (nSPS) is 41.1. The molecule has 1 rings (SSSR count). The molecule has 1 heterocycles. The van der Waals surface area contributed by atoms with Gasteiger partial charge in [0.1, 0.15) is 0 Å². The van der Waals surface area contributed by atoms with E-state index >= 15 is 0 Å². The van der Waals surface area contributed by atoms with E-state index in [1.165, 1.54) is 0 Å². The molecule has 0 radical (unpaired) electrons. The van der Waals surface area contributed by atoms with Gasteiger partial charge in [0.15, 0.2) is 9.84 Å². The molecule has 2 atom stereocenters. The highest BCUT2D eigenvalue weighted by Gasteiger charge is 2.31. The van der Waals surface area contributed by atoms with Gasteiger partial charge in [0.05, 0.1) is 11.0 Å². The summed E-state index contributed by atoms with van der Waals surface area (Å²) in [6.45, 7) is 3.78. The minimum absolute atomic E-state index is 0.0903. The zero-order chi connectivity index (χ0) is 7.07. The van der Waals surface area contributed by atoms with Gasteiger partial charge in [-0.3, -0.25) is 0 Å². The number of sulfone groups is 1. The Morgan fingerprint density at radius 3 is 2.00 bits per heavy atom. The van der Waals surface area contributed by atoms with Crippen LogP contribution in [0.25, 0.3) is 0 Å². The van der Waals surface area contributed by atoms with Crippen molar-refractivity contribution in [3.63, 3.8) is 0 Å². The summed E-state index contributed by atoms with van der Waals surface area (Å²) >= 11 is 0. The molecule has 0 aromatic carbocycles. The maximum atomic E-state index is 11.0. The van der Waals surface area contributed by atoms with E-state index in [1.807, 2.05) is 6.92 Å². The molecule has 0 saturated carbocycles. The second kappa shape index (κ2) is 1.97. The van der Waals surface area contributed by atoms with Crippen LogP contribution in [-0.2, 0) is 9.84 Å². The highest BCUT2D eigenvalue weighted by Crippen LogP contribution is 2.24. The minimum atomic E-state index is -2.67. The third-order valence-corrected chi connectivity index (χ3v) is 4.32. The van der Waals surface area contributed by atoms with Crippen molar-refractivity contribution in [3.8, 4) is 0 Å². The molecule has 1 aliphatic rings. The largest absolute Gasteiger partial charge is 0.229 e. The molecule has 1 saturated heterocycles. The lowest BCUT2D eigenvalue weighted by molar-refractivity contribution is 0.593. The quantitative estimate of drug-likeness (QED) is 0.510. The second-order valence-electron chi connectivity index (χ2n) is 2.98. The molecule has 0 unspecified atom stereocenters. The van der Waals surface area contributed by atoms with E-state index in [-0.39, 0.29) is 5.25 Å². The fourth-order valence-corrected chi connectivity index (χ4v) is 3.22. The van der Waals surface area contributed by atoms with E-state index in [0.717, 1.165) is 6.42 Å². The number of hydrogen-bond acceptors (Lipinski definition) is 2. The number of hydrogen-bond donors (Lipinski definition) is 0. The average molecular weight is 148 g/mol. The molecule has 1 aliphatic heterocycles. The minimum Gasteiger partial charge on any atom is -0.229 e. The molecule has 1 fully saturated rings. The summed E-state index contributed by atoms with van der Waals surface area (Å²) in [5, 5.41) is -0.0903. The average Bonchev–Trinajstić information content (AvgIpc) is 1.79. The summed E-state index contributed by atoms with van der Waals surface area (Å²) in [4.78, 5) is 0. The van der Waals surface area contributed by atoms with Crippen molar-refractivity contribution < 1.29 is 8.42 Å². The molecule has 0 bridgehead atoms. The molecular weight excluding hydrogens is 136 g/mol. The van der Waals surface area contributed by atoms with Crippen molar-refractivity contribution in [2.24, 2.45) is 5.92 Å². The molecule has 2 nitrogen and oxygen atoms in total. The van der Waals surface area contributed by atoms with E-state index in [0.29, 0.717) is 11.7 Å². The molecular formula is C6H12O2S. The van der Waals surface area contributed by atoms with E-state index in [4.69, 9.17) is 0 Å². The molecule has 9 heavy (non-hydrogen) atoms. The monoisotopic (exact) mass is 148 g/mol. The van der Waals surface area contributed by atoms with Crippen molar-refractivity contribution in [1.29, 1.82) is 0 Å². The van der Waals surface area contributed by atoms with Crippen LogP contribution >= 0.6 is 0 Å². The Balaban J connectivity index is 2.83. The third-order valence-electron chi connectivity index (χ3n) is 1.86. The zero-order valence-electron chi connectivity index (χ0n) is 5.79. The standard InChI is InChI=1S/C6H12O2S/c1-5-3-6(2)9(7,8)4-5/h5-6H,3-4H2,1-2H3/t5-,6-/m0/s1. The second-order valence-corrected chi connectivity index (χ2v) is 5.44. The van der Waals surface area contributed by atoms with Crippen LogP contribution < -0.4 is 0 Å². The molecule has 0 aromatic rings. The topological polar surface area (TPSA) is 34.1 Å². The Kier molecular flexibility index (Phi) is 1.55. The van der Waals surface area contributed by atoms with Crippen LogP contribution in [0.15, 0.2) is 0 Å². The summed E-state index contributed by atoms with van der Waals surface area (Å²) in [5.41, 5.74) is 0. The van der Waals surface area contributed by atoms with Gasteiger partial charge >= 0.3 is 0 Å². The molecule has 0 aromatic heterocycles. The Morgan fingerprint density at radius 1 is 1.33 bits per heavy atom. The molecule has 0 N–H and O–H groups in total. The summed E-state index contributed by atoms with van der Waals surface area (Å²) in [5.74, 6) is 0.777. The first-order valence-corrected chi connectivity index (χ1v) is 4.95. The van der Waals surface area contributed by atoms with Crippen LogP contribution in [0.4, 0.5) is 0 Å². The Hall–Kier alpha value is -0.0500. The lowest BCUT2D eigenvalue weighted by atomic mass is 10.1. The van der Waals surface area contributed by atoms with Gasteiger partial charge in [-0.25, -0.2) is 8.42 Å². The fraction of sp³-hybridized carbons (Fsp3) is 1.00. The molecule has 0 spiro atoms. The summed E-state index contributed by atoms with van der Waals surface area (Å²) < 4.78 is 21.9. The first kappa shape index (κ1) is 7.06. The summed E-state index contributed by atoms with van der Waals surface area (Å²) in [7, 11) is -2.67. The third kappa shape index (κ3) is 1.26. The first-order valence-electron chi connectivity index (χ1n) is 3.24. The molecule has 3 heteroatoms. The van der Waals surface area contributed by atoms with Crippen molar-refractivity contribution in [1.82, 2.24) is 0 Å². The van der Waals surface area contributed by atoms with Crippen molar-refractivity contribution in [2.75, 3.05) is 5.75 Å². The first-order chi connectivity index (χ1) is 4.02. The predicted octanol–water partition coefficient (Wildman–Crippen LogP) is 0.830. The Bertz CT molecular complexity index is 193. The molecule has 0 amide bonds. The van der Waals surface area contributed by atoms with Crippen LogP contribution in [0.5, 0.6) is 0 Å². The van der Waals surface area contributed by atoms with E-state index in [1.54, 1.807) is 6.92 Å². The van der Waals surface area contributed by atoms with Crippen LogP contribution in [0.3, 0.4) is 0 Å². The van der Waals surface area contributed by atoms with Crippen LogP contribution in [0.1, 0.15) is 20.3 Å². The van der Waals surface area contributed by atoms with E-state index < -0.39 is 9.84 Å². The number of rotatable bonds is 0. The SMILES string of the molecule is C[C@H]1C[C@H](C)S(=O)(=O)C1. The fourth-order valence-electron chi connectivity index (χ4n) is 1.34. The van der Waals surface area contributed by atoms with Crippen LogP contribution in [0, 0.1) is 5.92 Å². The van der Waals surface area contributed by atoms with Gasteiger partial charge in [-0.1, -0.05) is 6.92 Å². The van der Waals surface area contributed by atoms with Gasteiger partial charge in [0.25, 0.3) is 0 Å². The van der Waals surface area contributed by atoms with Crippen LogP contribution in [0.2, 0.25) is 0 Å². The summed E-state index contributed by atoms with van der Waals surface area (Å²) in [6.07, 6.45) is 0.850. The Morgan fingerprint density at radius 2 is 1.89 bits per heavy atom. The van der Waals surface area contributed by atoms with E-state index in [9.17, 15) is 8.42 Å². The highest BCUT2D eigenvalue weighted by molar-refractivity contribution is 7.92. The van der Waals surface area contributed by atoms with Crippen molar-refractivity contribution in [2.45, 2.75) is 25.5 Å². The van der Waals surface area contributed by atoms with Crippen LogP contribution in [-0.4, -0.2) is 19.4 Å². The lowest BCUT2D eigenvalue weighted by Crippen LogP contribution is -2.10. The molecule has 0 aliphatic carbocycles. The predicted molar refractivity (Wildman–Crippen MR) is 37.0 cm³/mol. The van der Waals surface area contributed by atoms with Gasteiger partial charge in [-0.05, 0) is 19.3 Å². The van der Waals surface area contributed by atoms with Gasteiger partial charge in [0.2, 0.25) is 0 Å². The van der Waals surface area contributed by atoms with Crippen molar-refractivity contribution >= 4 is 9.84 Å². The lowest BCUT2D eigenvalue weighted by Gasteiger charge is -1.96. The summed E-state index contributed by atoms with van der Waals surface area (Å²) in [6, 6.07) is 0.